The Morgan fingerprint density at radius 3 is 2.85 bits per heavy atom. The molecule has 1 fully saturated rings. The van der Waals surface area contributed by atoms with E-state index in [2.05, 4.69) is 5.32 Å². The van der Waals surface area contributed by atoms with E-state index >= 15 is 0 Å². The maximum Gasteiger partial charge on any atom is 0.224 e. The Labute approximate surface area is 122 Å². The molecule has 0 saturated heterocycles. The van der Waals surface area contributed by atoms with Crippen LogP contribution in [0.1, 0.15) is 36.6 Å². The zero-order valence-corrected chi connectivity index (χ0v) is 11.9. The molecule has 1 aromatic heterocycles. The van der Waals surface area contributed by atoms with Gasteiger partial charge in [0.2, 0.25) is 5.91 Å². The van der Waals surface area contributed by atoms with E-state index in [0.29, 0.717) is 5.02 Å². The highest BCUT2D eigenvalue weighted by atomic mass is 35.5. The number of hydrogen-bond acceptors (Lipinski definition) is 2. The van der Waals surface area contributed by atoms with Crippen molar-refractivity contribution in [2.75, 3.05) is 0 Å². The molecule has 1 saturated carbocycles. The first kappa shape index (κ1) is 13.3. The van der Waals surface area contributed by atoms with Crippen LogP contribution in [0.5, 0.6) is 0 Å². The molecule has 0 radical (unpaired) electrons. The Balaban J connectivity index is 1.62. The van der Waals surface area contributed by atoms with Gasteiger partial charge < -0.3 is 9.73 Å². The van der Waals surface area contributed by atoms with Crippen molar-refractivity contribution < 1.29 is 9.21 Å². The molecule has 0 spiro atoms. The van der Waals surface area contributed by atoms with Gasteiger partial charge >= 0.3 is 0 Å². The quantitative estimate of drug-likeness (QED) is 0.927. The number of benzene rings is 1. The molecular weight excluding hydrogens is 274 g/mol. The topological polar surface area (TPSA) is 42.2 Å². The zero-order valence-electron chi connectivity index (χ0n) is 11.2. The largest absolute Gasteiger partial charge is 0.469 e. The third kappa shape index (κ3) is 2.59. The van der Waals surface area contributed by atoms with E-state index in [1.165, 1.54) is 0 Å². The molecular formula is C16H16ClNO2. The summed E-state index contributed by atoms with van der Waals surface area (Å²) in [5.41, 5.74) is 0.942. The summed E-state index contributed by atoms with van der Waals surface area (Å²) in [6, 6.07) is 11.3. The molecule has 3 unspecified atom stereocenters. The van der Waals surface area contributed by atoms with Gasteiger partial charge in [0.1, 0.15) is 5.76 Å². The van der Waals surface area contributed by atoms with E-state index in [9.17, 15) is 4.79 Å². The van der Waals surface area contributed by atoms with Crippen molar-refractivity contribution in [3.63, 3.8) is 0 Å². The average molecular weight is 290 g/mol. The third-order valence-corrected chi connectivity index (χ3v) is 4.11. The molecule has 104 valence electrons. The van der Waals surface area contributed by atoms with E-state index in [1.54, 1.807) is 6.26 Å². The van der Waals surface area contributed by atoms with E-state index in [4.69, 9.17) is 16.0 Å². The normalized spacial score (nSPS) is 22.3. The molecule has 1 N–H and O–H groups in total. The minimum atomic E-state index is -0.0888. The maximum atomic E-state index is 12.2. The minimum Gasteiger partial charge on any atom is -0.469 e. The average Bonchev–Trinajstić information content (AvgIpc) is 3.05. The number of carbonyl (C=O) groups is 1. The molecule has 1 aromatic carbocycles. The van der Waals surface area contributed by atoms with Gasteiger partial charge in [-0.3, -0.25) is 4.79 Å². The van der Waals surface area contributed by atoms with Gasteiger partial charge in [0.15, 0.2) is 0 Å². The van der Waals surface area contributed by atoms with E-state index in [1.807, 2.05) is 43.3 Å². The SMILES string of the molecule is CC(NC(=O)C1CC1c1ccco1)c1ccccc1Cl. The standard InChI is InChI=1S/C16H16ClNO2/c1-10(11-5-2-3-6-14(11)17)18-16(19)13-9-12(13)15-7-4-8-20-15/h2-8,10,12-13H,9H2,1H3,(H,18,19). The molecule has 20 heavy (non-hydrogen) atoms. The van der Waals surface area contributed by atoms with Gasteiger partial charge in [0, 0.05) is 16.9 Å². The number of nitrogens with one attached hydrogen (secondary N) is 1. The van der Waals surface area contributed by atoms with Crippen LogP contribution in [0.3, 0.4) is 0 Å². The van der Waals surface area contributed by atoms with E-state index in [0.717, 1.165) is 17.7 Å². The van der Waals surface area contributed by atoms with Crippen molar-refractivity contribution >= 4 is 17.5 Å². The summed E-state index contributed by atoms with van der Waals surface area (Å²) < 4.78 is 5.35. The van der Waals surface area contributed by atoms with Crippen LogP contribution in [0, 0.1) is 5.92 Å². The molecule has 3 rings (SSSR count). The second kappa shape index (κ2) is 5.33. The molecule has 3 atom stereocenters. The Morgan fingerprint density at radius 1 is 1.35 bits per heavy atom. The van der Waals surface area contributed by atoms with Gasteiger partial charge in [-0.15, -0.1) is 0 Å². The lowest BCUT2D eigenvalue weighted by Gasteiger charge is -2.15. The molecule has 3 nitrogen and oxygen atoms in total. The van der Waals surface area contributed by atoms with Crippen molar-refractivity contribution in [3.05, 3.63) is 59.0 Å². The predicted octanol–water partition coefficient (Wildman–Crippen LogP) is 3.91. The van der Waals surface area contributed by atoms with Crippen LogP contribution in [0.15, 0.2) is 47.1 Å². The highest BCUT2D eigenvalue weighted by molar-refractivity contribution is 6.31. The number of hydrogen-bond donors (Lipinski definition) is 1. The number of carbonyl (C=O) groups excluding carboxylic acids is 1. The Hall–Kier alpha value is -1.74. The lowest BCUT2D eigenvalue weighted by molar-refractivity contribution is -0.123. The molecule has 0 bridgehead atoms. The Bertz CT molecular complexity index is 609. The second-order valence-corrected chi connectivity index (χ2v) is 5.62. The van der Waals surface area contributed by atoms with Crippen LogP contribution in [0.2, 0.25) is 5.02 Å². The lowest BCUT2D eigenvalue weighted by atomic mass is 10.1. The van der Waals surface area contributed by atoms with Crippen molar-refractivity contribution in [1.82, 2.24) is 5.32 Å². The predicted molar refractivity (Wildman–Crippen MR) is 77.6 cm³/mol. The lowest BCUT2D eigenvalue weighted by Crippen LogP contribution is -2.28. The summed E-state index contributed by atoms with van der Waals surface area (Å²) in [5.74, 6) is 1.21. The van der Waals surface area contributed by atoms with E-state index < -0.39 is 0 Å². The summed E-state index contributed by atoms with van der Waals surface area (Å²) in [4.78, 5) is 12.2. The fraction of sp³-hybridized carbons (Fsp3) is 0.312. The van der Waals surface area contributed by atoms with Crippen LogP contribution in [-0.4, -0.2) is 5.91 Å². The summed E-state index contributed by atoms with van der Waals surface area (Å²) in [6.45, 7) is 1.95. The summed E-state index contributed by atoms with van der Waals surface area (Å²) in [5, 5.41) is 3.71. The smallest absolute Gasteiger partial charge is 0.224 e. The van der Waals surface area contributed by atoms with Crippen LogP contribution in [0.25, 0.3) is 0 Å². The van der Waals surface area contributed by atoms with Gasteiger partial charge in [0.05, 0.1) is 12.3 Å². The summed E-state index contributed by atoms with van der Waals surface area (Å²) in [7, 11) is 0. The molecule has 4 heteroatoms. The zero-order chi connectivity index (χ0) is 14.1. The minimum absolute atomic E-state index is 0.0195. The fourth-order valence-corrected chi connectivity index (χ4v) is 2.83. The Kier molecular flexibility index (Phi) is 3.53. The van der Waals surface area contributed by atoms with Crippen molar-refractivity contribution in [2.24, 2.45) is 5.92 Å². The number of furan rings is 1. The van der Waals surface area contributed by atoms with Gasteiger partial charge in [-0.05, 0) is 37.1 Å². The number of halogens is 1. The number of rotatable bonds is 4. The van der Waals surface area contributed by atoms with Crippen LogP contribution in [-0.2, 0) is 4.79 Å². The fourth-order valence-electron chi connectivity index (χ4n) is 2.53. The highest BCUT2D eigenvalue weighted by Crippen LogP contribution is 2.47. The highest BCUT2D eigenvalue weighted by Gasteiger charge is 2.46. The van der Waals surface area contributed by atoms with Gasteiger partial charge in [0.25, 0.3) is 0 Å². The third-order valence-electron chi connectivity index (χ3n) is 3.77. The first-order valence-corrected chi connectivity index (χ1v) is 7.13. The van der Waals surface area contributed by atoms with Crippen molar-refractivity contribution in [2.45, 2.75) is 25.3 Å². The summed E-state index contributed by atoms with van der Waals surface area (Å²) in [6.07, 6.45) is 2.50. The first-order valence-electron chi connectivity index (χ1n) is 6.75. The second-order valence-electron chi connectivity index (χ2n) is 5.22. The monoisotopic (exact) mass is 289 g/mol. The van der Waals surface area contributed by atoms with Crippen LogP contribution < -0.4 is 5.32 Å². The maximum absolute atomic E-state index is 12.2. The van der Waals surface area contributed by atoms with Crippen molar-refractivity contribution in [3.8, 4) is 0 Å². The molecule has 2 aromatic rings. The van der Waals surface area contributed by atoms with Crippen molar-refractivity contribution in [1.29, 1.82) is 0 Å². The van der Waals surface area contributed by atoms with Gasteiger partial charge in [-0.2, -0.15) is 0 Å². The first-order chi connectivity index (χ1) is 9.66. The van der Waals surface area contributed by atoms with Gasteiger partial charge in [-0.25, -0.2) is 0 Å². The molecule has 0 aliphatic heterocycles. The van der Waals surface area contributed by atoms with E-state index in [-0.39, 0.29) is 23.8 Å². The number of amides is 1. The summed E-state index contributed by atoms with van der Waals surface area (Å²) >= 11 is 6.14. The molecule has 1 heterocycles. The molecule has 1 aliphatic rings. The van der Waals surface area contributed by atoms with Gasteiger partial charge in [-0.1, -0.05) is 29.8 Å². The molecule has 1 aliphatic carbocycles. The molecule has 1 amide bonds. The Morgan fingerprint density at radius 2 is 2.15 bits per heavy atom. The van der Waals surface area contributed by atoms with Crippen LogP contribution in [0.4, 0.5) is 0 Å². The van der Waals surface area contributed by atoms with Crippen LogP contribution >= 0.6 is 11.6 Å².